The van der Waals surface area contributed by atoms with Crippen LogP contribution in [0.25, 0.3) is 6.08 Å². The molecule has 1 saturated heterocycles. The van der Waals surface area contributed by atoms with Gasteiger partial charge in [-0.3, -0.25) is 0 Å². The molecule has 1 heterocycles. The molecule has 0 atom stereocenters. The van der Waals surface area contributed by atoms with Gasteiger partial charge >= 0.3 is 6.03 Å². The summed E-state index contributed by atoms with van der Waals surface area (Å²) in [5, 5.41) is 2.85. The first-order valence-corrected chi connectivity index (χ1v) is 7.04. The van der Waals surface area contributed by atoms with Crippen molar-refractivity contribution in [1.29, 1.82) is 0 Å². The molecule has 1 aliphatic rings. The minimum atomic E-state index is 0.0188. The number of hydrogen-bond donors (Lipinski definition) is 1. The van der Waals surface area contributed by atoms with E-state index in [0.29, 0.717) is 0 Å². The first-order valence-electron chi connectivity index (χ1n) is 7.04. The van der Waals surface area contributed by atoms with Crippen LogP contribution in [0.4, 0.5) is 4.79 Å². The predicted molar refractivity (Wildman–Crippen MR) is 78.8 cm³/mol. The Balaban J connectivity index is 1.83. The zero-order valence-electron chi connectivity index (χ0n) is 11.6. The minimum absolute atomic E-state index is 0.0188. The van der Waals surface area contributed by atoms with Crippen molar-refractivity contribution in [3.05, 3.63) is 41.6 Å². The van der Waals surface area contributed by atoms with Gasteiger partial charge < -0.3 is 10.2 Å². The van der Waals surface area contributed by atoms with E-state index in [1.807, 2.05) is 23.1 Å². The Hall–Kier alpha value is -1.77. The number of carbonyl (C=O) groups excluding carboxylic acids is 1. The molecule has 1 fully saturated rings. The SMILES string of the molecule is Cc1ccc(/C=C/NC(=O)N2CCCCCC2)cc1. The fraction of sp³-hybridized carbons (Fsp3) is 0.438. The van der Waals surface area contributed by atoms with Crippen LogP contribution in [0.5, 0.6) is 0 Å². The van der Waals surface area contributed by atoms with Crippen LogP contribution in [0.2, 0.25) is 0 Å². The second-order valence-corrected chi connectivity index (χ2v) is 5.09. The lowest BCUT2D eigenvalue weighted by Crippen LogP contribution is -2.38. The smallest absolute Gasteiger partial charge is 0.321 e. The summed E-state index contributed by atoms with van der Waals surface area (Å²) in [6.07, 6.45) is 8.38. The highest BCUT2D eigenvalue weighted by Gasteiger charge is 2.13. The largest absolute Gasteiger partial charge is 0.325 e. The zero-order valence-corrected chi connectivity index (χ0v) is 11.6. The van der Waals surface area contributed by atoms with E-state index in [1.165, 1.54) is 18.4 Å². The molecule has 0 spiro atoms. The molecule has 0 bridgehead atoms. The molecule has 1 aromatic rings. The fourth-order valence-corrected chi connectivity index (χ4v) is 2.25. The Morgan fingerprint density at radius 3 is 2.37 bits per heavy atom. The second-order valence-electron chi connectivity index (χ2n) is 5.09. The summed E-state index contributed by atoms with van der Waals surface area (Å²) in [4.78, 5) is 13.9. The predicted octanol–water partition coefficient (Wildman–Crippen LogP) is 3.55. The molecule has 3 heteroatoms. The summed E-state index contributed by atoms with van der Waals surface area (Å²) >= 11 is 0. The molecule has 102 valence electrons. The Morgan fingerprint density at radius 2 is 1.74 bits per heavy atom. The van der Waals surface area contributed by atoms with Crippen LogP contribution < -0.4 is 5.32 Å². The van der Waals surface area contributed by atoms with E-state index in [2.05, 4.69) is 24.4 Å². The molecule has 1 aromatic carbocycles. The lowest BCUT2D eigenvalue weighted by atomic mass is 10.1. The number of nitrogens with one attached hydrogen (secondary N) is 1. The van der Waals surface area contributed by atoms with Crippen LogP contribution in [-0.4, -0.2) is 24.0 Å². The third kappa shape index (κ3) is 4.43. The van der Waals surface area contributed by atoms with Crippen molar-refractivity contribution < 1.29 is 4.79 Å². The van der Waals surface area contributed by atoms with E-state index in [9.17, 15) is 4.79 Å². The van der Waals surface area contributed by atoms with E-state index in [4.69, 9.17) is 0 Å². The van der Waals surface area contributed by atoms with Gasteiger partial charge in [-0.2, -0.15) is 0 Å². The molecule has 0 unspecified atom stereocenters. The van der Waals surface area contributed by atoms with Gasteiger partial charge in [0.05, 0.1) is 0 Å². The van der Waals surface area contributed by atoms with Crippen LogP contribution in [0.1, 0.15) is 36.8 Å². The topological polar surface area (TPSA) is 32.3 Å². The number of amides is 2. The van der Waals surface area contributed by atoms with Gasteiger partial charge in [-0.15, -0.1) is 0 Å². The average molecular weight is 258 g/mol. The van der Waals surface area contributed by atoms with Gasteiger partial charge in [0.15, 0.2) is 0 Å². The van der Waals surface area contributed by atoms with Gasteiger partial charge in [-0.05, 0) is 31.4 Å². The molecule has 0 aromatic heterocycles. The fourth-order valence-electron chi connectivity index (χ4n) is 2.25. The van der Waals surface area contributed by atoms with Crippen molar-refractivity contribution in [2.24, 2.45) is 0 Å². The van der Waals surface area contributed by atoms with Gasteiger partial charge in [0.1, 0.15) is 0 Å². The number of nitrogens with zero attached hydrogens (tertiary/aromatic N) is 1. The van der Waals surface area contributed by atoms with Gasteiger partial charge in [0.2, 0.25) is 0 Å². The third-order valence-corrected chi connectivity index (χ3v) is 3.45. The maximum Gasteiger partial charge on any atom is 0.321 e. The van der Waals surface area contributed by atoms with Crippen molar-refractivity contribution in [3.63, 3.8) is 0 Å². The van der Waals surface area contributed by atoms with E-state index >= 15 is 0 Å². The highest BCUT2D eigenvalue weighted by atomic mass is 16.2. The number of rotatable bonds is 2. The van der Waals surface area contributed by atoms with Crippen LogP contribution in [0, 0.1) is 6.92 Å². The summed E-state index contributed by atoms with van der Waals surface area (Å²) in [6, 6.07) is 8.24. The highest BCUT2D eigenvalue weighted by molar-refractivity contribution is 5.76. The summed E-state index contributed by atoms with van der Waals surface area (Å²) < 4.78 is 0. The second kappa shape index (κ2) is 6.98. The van der Waals surface area contributed by atoms with Crippen LogP contribution in [0.15, 0.2) is 30.5 Å². The van der Waals surface area contributed by atoms with Crippen molar-refractivity contribution in [2.75, 3.05) is 13.1 Å². The van der Waals surface area contributed by atoms with E-state index < -0.39 is 0 Å². The van der Waals surface area contributed by atoms with E-state index in [1.54, 1.807) is 6.20 Å². The number of hydrogen-bond acceptors (Lipinski definition) is 1. The maximum absolute atomic E-state index is 12.0. The zero-order chi connectivity index (χ0) is 13.5. The molecule has 0 aliphatic carbocycles. The summed E-state index contributed by atoms with van der Waals surface area (Å²) in [5.41, 5.74) is 2.34. The number of likely N-dealkylation sites (tertiary alicyclic amines) is 1. The summed E-state index contributed by atoms with van der Waals surface area (Å²) in [7, 11) is 0. The average Bonchev–Trinajstić information content (AvgIpc) is 2.70. The summed E-state index contributed by atoms with van der Waals surface area (Å²) in [6.45, 7) is 3.82. The van der Waals surface area contributed by atoms with Crippen molar-refractivity contribution in [3.8, 4) is 0 Å². The van der Waals surface area contributed by atoms with Crippen LogP contribution in [-0.2, 0) is 0 Å². The minimum Gasteiger partial charge on any atom is -0.325 e. The van der Waals surface area contributed by atoms with Gasteiger partial charge in [0.25, 0.3) is 0 Å². The Morgan fingerprint density at radius 1 is 1.11 bits per heavy atom. The molecule has 0 saturated carbocycles. The van der Waals surface area contributed by atoms with E-state index in [-0.39, 0.29) is 6.03 Å². The normalized spacial score (nSPS) is 16.4. The lowest BCUT2D eigenvalue weighted by Gasteiger charge is -2.19. The molecule has 2 rings (SSSR count). The van der Waals surface area contributed by atoms with E-state index in [0.717, 1.165) is 31.5 Å². The highest BCUT2D eigenvalue weighted by Crippen LogP contribution is 2.09. The molecule has 3 nitrogen and oxygen atoms in total. The van der Waals surface area contributed by atoms with Crippen molar-refractivity contribution in [2.45, 2.75) is 32.6 Å². The summed E-state index contributed by atoms with van der Waals surface area (Å²) in [5.74, 6) is 0. The first kappa shape index (κ1) is 13.7. The maximum atomic E-state index is 12.0. The number of benzene rings is 1. The van der Waals surface area contributed by atoms with Gasteiger partial charge in [-0.25, -0.2) is 4.79 Å². The Labute approximate surface area is 115 Å². The quantitative estimate of drug-likeness (QED) is 0.864. The Kier molecular flexibility index (Phi) is 5.01. The van der Waals surface area contributed by atoms with Crippen LogP contribution >= 0.6 is 0 Å². The molecule has 0 radical (unpaired) electrons. The lowest BCUT2D eigenvalue weighted by molar-refractivity contribution is 0.203. The number of aryl methyl sites for hydroxylation is 1. The molecular formula is C16H22N2O. The van der Waals surface area contributed by atoms with Crippen LogP contribution in [0.3, 0.4) is 0 Å². The molecule has 19 heavy (non-hydrogen) atoms. The molecule has 1 aliphatic heterocycles. The van der Waals surface area contributed by atoms with Crippen molar-refractivity contribution >= 4 is 12.1 Å². The number of carbonyl (C=O) groups is 1. The molecule has 2 amide bonds. The first-order chi connectivity index (χ1) is 9.25. The van der Waals surface area contributed by atoms with Crippen molar-refractivity contribution in [1.82, 2.24) is 10.2 Å². The van der Waals surface area contributed by atoms with Gasteiger partial charge in [0, 0.05) is 19.3 Å². The number of urea groups is 1. The van der Waals surface area contributed by atoms with Gasteiger partial charge in [-0.1, -0.05) is 42.7 Å². The monoisotopic (exact) mass is 258 g/mol. The standard InChI is InChI=1S/C16H22N2O/c1-14-6-8-15(9-7-14)10-11-17-16(19)18-12-4-2-3-5-13-18/h6-11H,2-5,12-13H2,1H3,(H,17,19)/b11-10+. The molecule has 1 N–H and O–H groups in total. The molecular weight excluding hydrogens is 236 g/mol. The third-order valence-electron chi connectivity index (χ3n) is 3.45. The Bertz CT molecular complexity index is 429.